The van der Waals surface area contributed by atoms with Gasteiger partial charge in [0.25, 0.3) is 0 Å². The Morgan fingerprint density at radius 1 is 0.974 bits per heavy atom. The molecule has 9 nitrogen and oxygen atoms in total. The average Bonchev–Trinajstić information content (AvgIpc) is 3.61. The van der Waals surface area contributed by atoms with Crippen LogP contribution in [0, 0.1) is 20.8 Å². The first kappa shape index (κ1) is 25.6. The summed E-state index contributed by atoms with van der Waals surface area (Å²) in [6, 6.07) is 22.9. The van der Waals surface area contributed by atoms with Crippen molar-refractivity contribution in [3.05, 3.63) is 107 Å². The Balaban J connectivity index is 1.21. The molecule has 0 atom stereocenters. The molecule has 3 aromatic heterocycles. The zero-order chi connectivity index (χ0) is 27.5. The lowest BCUT2D eigenvalue weighted by atomic mass is 10.1. The number of nitrogens with one attached hydrogen (secondary N) is 1. The van der Waals surface area contributed by atoms with Gasteiger partial charge in [0.15, 0.2) is 5.76 Å². The number of amides is 2. The second-order valence-electron chi connectivity index (χ2n) is 9.27. The van der Waals surface area contributed by atoms with Crippen LogP contribution in [0.4, 0.5) is 0 Å². The van der Waals surface area contributed by atoms with E-state index in [0.29, 0.717) is 11.5 Å². The number of furan rings is 1. The van der Waals surface area contributed by atoms with Crippen LogP contribution in [0.1, 0.15) is 39.0 Å². The molecule has 0 spiro atoms. The predicted octanol–water partition coefficient (Wildman–Crippen LogP) is 4.78. The van der Waals surface area contributed by atoms with Crippen LogP contribution in [0.2, 0.25) is 0 Å². The molecule has 5 rings (SSSR count). The van der Waals surface area contributed by atoms with Crippen molar-refractivity contribution in [2.24, 2.45) is 10.8 Å². The van der Waals surface area contributed by atoms with Crippen molar-refractivity contribution in [3.63, 3.8) is 0 Å². The minimum atomic E-state index is -0.488. The summed E-state index contributed by atoms with van der Waals surface area (Å²) in [4.78, 5) is 24.1. The molecule has 0 radical (unpaired) electrons. The Morgan fingerprint density at radius 3 is 2.41 bits per heavy atom. The third-order valence-corrected chi connectivity index (χ3v) is 6.59. The number of hydrogen-bond donors (Lipinski definition) is 2. The van der Waals surface area contributed by atoms with E-state index in [4.69, 9.17) is 14.9 Å². The van der Waals surface area contributed by atoms with Gasteiger partial charge < -0.3 is 24.0 Å². The van der Waals surface area contributed by atoms with E-state index in [1.54, 1.807) is 18.3 Å². The van der Waals surface area contributed by atoms with Gasteiger partial charge in [0.05, 0.1) is 6.21 Å². The van der Waals surface area contributed by atoms with Gasteiger partial charge in [-0.15, -0.1) is 0 Å². The predicted molar refractivity (Wildman–Crippen MR) is 149 cm³/mol. The number of nitrogens with zero attached hydrogens (tertiary/aromatic N) is 3. The first-order valence-corrected chi connectivity index (χ1v) is 12.5. The largest absolute Gasteiger partial charge is 0.486 e. The number of carbonyl (C=O) groups excluding carboxylic acids is 2. The molecular formula is C30H29N5O4. The van der Waals surface area contributed by atoms with Gasteiger partial charge >= 0.3 is 5.91 Å². The van der Waals surface area contributed by atoms with Gasteiger partial charge in [-0.25, -0.2) is 5.43 Å². The van der Waals surface area contributed by atoms with E-state index in [1.165, 1.54) is 0 Å². The second-order valence-corrected chi connectivity index (χ2v) is 9.27. The number of aromatic nitrogens is 2. The topological polar surface area (TPSA) is 117 Å². The normalized spacial score (nSPS) is 11.4. The summed E-state index contributed by atoms with van der Waals surface area (Å²) in [6.07, 6.45) is 1.56. The van der Waals surface area contributed by atoms with Crippen molar-refractivity contribution in [1.82, 2.24) is 14.6 Å². The molecule has 2 aromatic carbocycles. The molecule has 5 aromatic rings. The molecule has 9 heteroatoms. The van der Waals surface area contributed by atoms with Crippen LogP contribution in [-0.2, 0) is 17.9 Å². The van der Waals surface area contributed by atoms with Crippen molar-refractivity contribution in [1.29, 1.82) is 0 Å². The van der Waals surface area contributed by atoms with Crippen LogP contribution >= 0.6 is 0 Å². The maximum absolute atomic E-state index is 12.6. The molecule has 0 aliphatic rings. The van der Waals surface area contributed by atoms with Gasteiger partial charge in [0, 0.05) is 39.2 Å². The van der Waals surface area contributed by atoms with Gasteiger partial charge in [-0.3, -0.25) is 9.59 Å². The van der Waals surface area contributed by atoms with Crippen LogP contribution < -0.4 is 15.9 Å². The van der Waals surface area contributed by atoms with E-state index in [0.717, 1.165) is 39.2 Å². The van der Waals surface area contributed by atoms with Crippen LogP contribution in [0.5, 0.6) is 5.75 Å². The van der Waals surface area contributed by atoms with Gasteiger partial charge in [-0.2, -0.15) is 5.10 Å². The lowest BCUT2D eigenvalue weighted by Crippen LogP contribution is -2.19. The van der Waals surface area contributed by atoms with E-state index >= 15 is 0 Å². The minimum absolute atomic E-state index is 0.0560. The number of hydrogen-bond acceptors (Lipinski definition) is 5. The number of benzene rings is 2. The van der Waals surface area contributed by atoms with E-state index in [-0.39, 0.29) is 18.9 Å². The van der Waals surface area contributed by atoms with Crippen LogP contribution in [0.3, 0.4) is 0 Å². The summed E-state index contributed by atoms with van der Waals surface area (Å²) in [5, 5.41) is 5.02. The third-order valence-electron chi connectivity index (χ3n) is 6.59. The van der Waals surface area contributed by atoms with Crippen LogP contribution in [-0.4, -0.2) is 27.2 Å². The standard InChI is InChI=1S/C30H29N5O4/c1-19-8-9-20(2)35(19)22-10-12-23(13-11-22)38-18-24-14-15-28(39-24)30(37)33-32-16-26-21(3)34(17-29(31)36)27-7-5-4-6-25(26)27/h4-16H,17-18H2,1-3H3,(H2,31,36)(H,33,37)/b32-16+. The first-order chi connectivity index (χ1) is 18.8. The highest BCUT2D eigenvalue weighted by atomic mass is 16.5. The van der Waals surface area contributed by atoms with Crippen molar-refractivity contribution >= 4 is 28.9 Å². The molecule has 0 fully saturated rings. The van der Waals surface area contributed by atoms with Crippen molar-refractivity contribution < 1.29 is 18.7 Å². The van der Waals surface area contributed by atoms with Crippen molar-refractivity contribution in [2.75, 3.05) is 0 Å². The zero-order valence-corrected chi connectivity index (χ0v) is 22.0. The van der Waals surface area contributed by atoms with Crippen molar-refractivity contribution in [2.45, 2.75) is 33.9 Å². The summed E-state index contributed by atoms with van der Waals surface area (Å²) in [5.41, 5.74) is 13.8. The fourth-order valence-electron chi connectivity index (χ4n) is 4.69. The number of rotatable bonds is 9. The van der Waals surface area contributed by atoms with Crippen LogP contribution in [0.25, 0.3) is 16.6 Å². The molecular weight excluding hydrogens is 494 g/mol. The zero-order valence-electron chi connectivity index (χ0n) is 22.0. The lowest BCUT2D eigenvalue weighted by molar-refractivity contribution is -0.118. The number of fused-ring (bicyclic) bond motifs is 1. The second kappa shape index (κ2) is 10.7. The van der Waals surface area contributed by atoms with Crippen molar-refractivity contribution in [3.8, 4) is 11.4 Å². The summed E-state index contributed by atoms with van der Waals surface area (Å²) in [5.74, 6) is 0.396. The SMILES string of the molecule is Cc1ccc(C)n1-c1ccc(OCc2ccc(C(=O)N/N=C/c3c(C)n(CC(N)=O)c4ccccc34)o2)cc1. The molecule has 39 heavy (non-hydrogen) atoms. The third kappa shape index (κ3) is 5.33. The summed E-state index contributed by atoms with van der Waals surface area (Å²) < 4.78 is 15.5. The number of ether oxygens (including phenoxy) is 1. The number of nitrogens with two attached hydrogens (primary N) is 1. The molecule has 198 valence electrons. The maximum atomic E-state index is 12.6. The lowest BCUT2D eigenvalue weighted by Gasteiger charge is -2.10. The Kier molecular flexibility index (Phi) is 7.05. The molecule has 0 unspecified atom stereocenters. The Morgan fingerprint density at radius 2 is 1.69 bits per heavy atom. The Labute approximate surface area is 225 Å². The van der Waals surface area contributed by atoms with Gasteiger partial charge in [0.2, 0.25) is 5.91 Å². The average molecular weight is 524 g/mol. The summed E-state index contributed by atoms with van der Waals surface area (Å²) in [6.45, 7) is 6.25. The quantitative estimate of drug-likeness (QED) is 0.214. The van der Waals surface area contributed by atoms with Gasteiger partial charge in [-0.05, 0) is 75.4 Å². The molecule has 3 heterocycles. The highest BCUT2D eigenvalue weighted by Gasteiger charge is 2.15. The molecule has 0 saturated heterocycles. The first-order valence-electron chi connectivity index (χ1n) is 12.5. The maximum Gasteiger partial charge on any atom is 0.307 e. The van der Waals surface area contributed by atoms with Gasteiger partial charge in [0.1, 0.15) is 24.7 Å². The minimum Gasteiger partial charge on any atom is -0.486 e. The summed E-state index contributed by atoms with van der Waals surface area (Å²) >= 11 is 0. The number of aryl methyl sites for hydroxylation is 2. The van der Waals surface area contributed by atoms with Gasteiger partial charge in [-0.1, -0.05) is 18.2 Å². The van der Waals surface area contributed by atoms with E-state index in [2.05, 4.69) is 41.1 Å². The highest BCUT2D eigenvalue weighted by Crippen LogP contribution is 2.24. The van der Waals surface area contributed by atoms with E-state index in [1.807, 2.05) is 60.0 Å². The molecule has 0 saturated carbocycles. The van der Waals surface area contributed by atoms with Crippen LogP contribution in [0.15, 0.2) is 82.3 Å². The van der Waals surface area contributed by atoms with E-state index < -0.39 is 11.8 Å². The number of primary amides is 1. The molecule has 3 N–H and O–H groups in total. The number of carbonyl (C=O) groups is 2. The number of hydrazone groups is 1. The Hall–Kier alpha value is -5.05. The molecule has 0 aliphatic heterocycles. The summed E-state index contributed by atoms with van der Waals surface area (Å²) in [7, 11) is 0. The molecule has 2 amide bonds. The molecule has 0 bridgehead atoms. The fraction of sp³-hybridized carbons (Fsp3) is 0.167. The van der Waals surface area contributed by atoms with E-state index in [9.17, 15) is 9.59 Å². The highest BCUT2D eigenvalue weighted by molar-refractivity contribution is 6.02. The molecule has 0 aliphatic carbocycles. The smallest absolute Gasteiger partial charge is 0.307 e. The fourth-order valence-corrected chi connectivity index (χ4v) is 4.69. The monoisotopic (exact) mass is 523 g/mol. The Bertz CT molecular complexity index is 1670. The number of para-hydroxylation sites is 1.